The second kappa shape index (κ2) is 6.53. The molecule has 2 aromatic rings. The van der Waals surface area contributed by atoms with Crippen molar-refractivity contribution in [2.45, 2.75) is 4.90 Å². The van der Waals surface area contributed by atoms with Crippen molar-refractivity contribution >= 4 is 31.6 Å². The average Bonchev–Trinajstić information content (AvgIpc) is 2.50. The van der Waals surface area contributed by atoms with E-state index in [1.54, 1.807) is 6.07 Å². The first-order chi connectivity index (χ1) is 10.4. The number of hydrogen-bond donors (Lipinski definition) is 1. The van der Waals surface area contributed by atoms with Crippen LogP contribution in [0.25, 0.3) is 0 Å². The standard InChI is InChI=1S/C14H13BrFNO4S/c1-20-10-4-6-13(21-2)14(8-10)22(18,19)17-9-3-5-11(15)12(16)7-9/h3-8,17H,1-2H3. The lowest BCUT2D eigenvalue weighted by Gasteiger charge is -2.13. The minimum atomic E-state index is -3.96. The Hall–Kier alpha value is -1.80. The van der Waals surface area contributed by atoms with Gasteiger partial charge in [0.2, 0.25) is 0 Å². The van der Waals surface area contributed by atoms with Crippen molar-refractivity contribution in [2.24, 2.45) is 0 Å². The Morgan fingerprint density at radius 2 is 1.82 bits per heavy atom. The van der Waals surface area contributed by atoms with Crippen molar-refractivity contribution in [3.05, 3.63) is 46.7 Å². The highest BCUT2D eigenvalue weighted by atomic mass is 79.9. The molecular formula is C14H13BrFNO4S. The fourth-order valence-electron chi connectivity index (χ4n) is 1.76. The predicted octanol–water partition coefficient (Wildman–Crippen LogP) is 3.41. The lowest BCUT2D eigenvalue weighted by atomic mass is 10.3. The van der Waals surface area contributed by atoms with Crippen LogP contribution in [0.3, 0.4) is 0 Å². The molecule has 0 amide bonds. The molecule has 0 aliphatic rings. The van der Waals surface area contributed by atoms with E-state index in [4.69, 9.17) is 9.47 Å². The maximum absolute atomic E-state index is 13.5. The Balaban J connectivity index is 2.43. The van der Waals surface area contributed by atoms with E-state index in [2.05, 4.69) is 20.7 Å². The zero-order valence-corrected chi connectivity index (χ0v) is 14.2. The summed E-state index contributed by atoms with van der Waals surface area (Å²) >= 11 is 3.01. The zero-order valence-electron chi connectivity index (χ0n) is 11.8. The molecule has 0 aliphatic heterocycles. The van der Waals surface area contributed by atoms with Gasteiger partial charge < -0.3 is 9.47 Å². The van der Waals surface area contributed by atoms with E-state index in [1.165, 1.54) is 38.5 Å². The minimum Gasteiger partial charge on any atom is -0.497 e. The molecule has 5 nitrogen and oxygen atoms in total. The lowest BCUT2D eigenvalue weighted by molar-refractivity contribution is 0.392. The molecule has 22 heavy (non-hydrogen) atoms. The number of nitrogens with one attached hydrogen (secondary N) is 1. The third-order valence-corrected chi connectivity index (χ3v) is 4.88. The maximum Gasteiger partial charge on any atom is 0.265 e. The number of sulfonamides is 1. The molecule has 0 aromatic heterocycles. The number of anilines is 1. The van der Waals surface area contributed by atoms with Crippen LogP contribution >= 0.6 is 15.9 Å². The van der Waals surface area contributed by atoms with E-state index in [0.717, 1.165) is 6.07 Å². The Labute approximate surface area is 136 Å². The van der Waals surface area contributed by atoms with Gasteiger partial charge in [-0.15, -0.1) is 0 Å². The van der Waals surface area contributed by atoms with Gasteiger partial charge in [-0.3, -0.25) is 4.72 Å². The molecule has 0 atom stereocenters. The van der Waals surface area contributed by atoms with Crippen LogP contribution in [0.5, 0.6) is 11.5 Å². The molecule has 0 spiro atoms. The Morgan fingerprint density at radius 1 is 1.09 bits per heavy atom. The van der Waals surface area contributed by atoms with E-state index in [0.29, 0.717) is 5.75 Å². The van der Waals surface area contributed by atoms with Gasteiger partial charge in [0.25, 0.3) is 10.0 Å². The van der Waals surface area contributed by atoms with Crippen LogP contribution in [0.15, 0.2) is 45.8 Å². The van der Waals surface area contributed by atoms with Crippen molar-refractivity contribution in [1.29, 1.82) is 0 Å². The number of methoxy groups -OCH3 is 2. The predicted molar refractivity (Wildman–Crippen MR) is 84.5 cm³/mol. The number of benzene rings is 2. The minimum absolute atomic E-state index is 0.0994. The van der Waals surface area contributed by atoms with Gasteiger partial charge in [0, 0.05) is 6.07 Å². The van der Waals surface area contributed by atoms with Crippen molar-refractivity contribution in [1.82, 2.24) is 0 Å². The van der Waals surface area contributed by atoms with Gasteiger partial charge in [0.05, 0.1) is 24.4 Å². The first-order valence-electron chi connectivity index (χ1n) is 6.07. The highest BCUT2D eigenvalue weighted by Gasteiger charge is 2.21. The van der Waals surface area contributed by atoms with Crippen LogP contribution < -0.4 is 14.2 Å². The normalized spacial score (nSPS) is 11.1. The maximum atomic E-state index is 13.5. The Kier molecular flexibility index (Phi) is 4.92. The molecule has 0 unspecified atom stereocenters. The first-order valence-corrected chi connectivity index (χ1v) is 8.35. The zero-order chi connectivity index (χ0) is 16.3. The van der Waals surface area contributed by atoms with Gasteiger partial charge in [-0.25, -0.2) is 12.8 Å². The van der Waals surface area contributed by atoms with Gasteiger partial charge >= 0.3 is 0 Å². The van der Waals surface area contributed by atoms with E-state index in [9.17, 15) is 12.8 Å². The van der Waals surface area contributed by atoms with Gasteiger partial charge in [-0.2, -0.15) is 0 Å². The summed E-state index contributed by atoms with van der Waals surface area (Å²) in [6.45, 7) is 0. The second-order valence-electron chi connectivity index (χ2n) is 4.25. The van der Waals surface area contributed by atoms with Crippen molar-refractivity contribution < 1.29 is 22.3 Å². The first kappa shape index (κ1) is 16.6. The van der Waals surface area contributed by atoms with Crippen LogP contribution in [-0.4, -0.2) is 22.6 Å². The molecule has 0 aliphatic carbocycles. The highest BCUT2D eigenvalue weighted by Crippen LogP contribution is 2.30. The fraction of sp³-hybridized carbons (Fsp3) is 0.143. The molecule has 0 bridgehead atoms. The van der Waals surface area contributed by atoms with E-state index >= 15 is 0 Å². The number of rotatable bonds is 5. The largest absolute Gasteiger partial charge is 0.497 e. The Morgan fingerprint density at radius 3 is 2.41 bits per heavy atom. The number of halogens is 2. The molecule has 2 rings (SSSR count). The van der Waals surface area contributed by atoms with Crippen LogP contribution in [0.1, 0.15) is 0 Å². The van der Waals surface area contributed by atoms with Crippen molar-refractivity contribution in [2.75, 3.05) is 18.9 Å². The van der Waals surface area contributed by atoms with Gasteiger partial charge in [-0.05, 0) is 46.3 Å². The van der Waals surface area contributed by atoms with Crippen molar-refractivity contribution in [3.63, 3.8) is 0 Å². The van der Waals surface area contributed by atoms with Gasteiger partial charge in [0.1, 0.15) is 22.2 Å². The lowest BCUT2D eigenvalue weighted by Crippen LogP contribution is -2.14. The fourth-order valence-corrected chi connectivity index (χ4v) is 3.25. The second-order valence-corrected chi connectivity index (χ2v) is 6.76. The molecular weight excluding hydrogens is 377 g/mol. The molecule has 118 valence electrons. The number of hydrogen-bond acceptors (Lipinski definition) is 4. The topological polar surface area (TPSA) is 64.6 Å². The van der Waals surface area contributed by atoms with Crippen LogP contribution in [0, 0.1) is 5.82 Å². The van der Waals surface area contributed by atoms with Crippen LogP contribution in [0.2, 0.25) is 0 Å². The quantitative estimate of drug-likeness (QED) is 0.850. The monoisotopic (exact) mass is 389 g/mol. The summed E-state index contributed by atoms with van der Waals surface area (Å²) in [6.07, 6.45) is 0. The summed E-state index contributed by atoms with van der Waals surface area (Å²) in [5.41, 5.74) is 0.102. The number of ether oxygens (including phenoxy) is 2. The summed E-state index contributed by atoms with van der Waals surface area (Å²) < 4.78 is 51.0. The summed E-state index contributed by atoms with van der Waals surface area (Å²) in [5, 5.41) is 0. The molecule has 0 fully saturated rings. The molecule has 8 heteroatoms. The van der Waals surface area contributed by atoms with Crippen LogP contribution in [-0.2, 0) is 10.0 Å². The third-order valence-electron chi connectivity index (χ3n) is 2.83. The van der Waals surface area contributed by atoms with E-state index in [1.807, 2.05) is 0 Å². The average molecular weight is 390 g/mol. The summed E-state index contributed by atoms with van der Waals surface area (Å²) in [5.74, 6) is -0.0492. The summed E-state index contributed by atoms with van der Waals surface area (Å²) in [6, 6.07) is 8.32. The van der Waals surface area contributed by atoms with E-state index in [-0.39, 0.29) is 20.8 Å². The summed E-state index contributed by atoms with van der Waals surface area (Å²) in [7, 11) is -1.17. The molecule has 1 N–H and O–H groups in total. The Bertz CT molecular complexity index is 795. The van der Waals surface area contributed by atoms with Crippen molar-refractivity contribution in [3.8, 4) is 11.5 Å². The third kappa shape index (κ3) is 3.50. The molecule has 2 aromatic carbocycles. The van der Waals surface area contributed by atoms with Crippen LogP contribution in [0.4, 0.5) is 10.1 Å². The van der Waals surface area contributed by atoms with Gasteiger partial charge in [0.15, 0.2) is 0 Å². The molecule has 0 heterocycles. The molecule has 0 saturated heterocycles. The molecule has 0 saturated carbocycles. The van der Waals surface area contributed by atoms with Gasteiger partial charge in [-0.1, -0.05) is 0 Å². The molecule has 0 radical (unpaired) electrons. The van der Waals surface area contributed by atoms with E-state index < -0.39 is 15.8 Å². The summed E-state index contributed by atoms with van der Waals surface area (Å²) in [4.78, 5) is -0.0994. The highest BCUT2D eigenvalue weighted by molar-refractivity contribution is 9.10. The smallest absolute Gasteiger partial charge is 0.265 e. The SMILES string of the molecule is COc1ccc(OC)c(S(=O)(=O)Nc2ccc(Br)c(F)c2)c1.